The van der Waals surface area contributed by atoms with Gasteiger partial charge in [0.1, 0.15) is 23.7 Å². The number of alkyl carbamates (subject to hydrolysis) is 1. The van der Waals surface area contributed by atoms with E-state index in [-0.39, 0.29) is 41.9 Å². The number of methoxy groups -OCH3 is 1. The zero-order chi connectivity index (χ0) is 55.5. The Kier molecular flexibility index (Phi) is 17.0. The van der Waals surface area contributed by atoms with Gasteiger partial charge in [-0.3, -0.25) is 24.8 Å². The van der Waals surface area contributed by atoms with Gasteiger partial charge in [-0.2, -0.15) is 0 Å². The molecule has 1 spiro atoms. The van der Waals surface area contributed by atoms with Crippen LogP contribution < -0.4 is 5.32 Å². The van der Waals surface area contributed by atoms with Crippen LogP contribution in [0.2, 0.25) is 0 Å². The summed E-state index contributed by atoms with van der Waals surface area (Å²) in [7, 11) is 1.18. The van der Waals surface area contributed by atoms with Crippen molar-refractivity contribution < 1.29 is 92.3 Å². The van der Waals surface area contributed by atoms with Gasteiger partial charge in [0, 0.05) is 49.9 Å². The van der Waals surface area contributed by atoms with Gasteiger partial charge in [0.25, 0.3) is 0 Å². The monoisotopic (exact) mass is 1070 g/mol. The lowest BCUT2D eigenvalue weighted by molar-refractivity contribution is -0.390. The van der Waals surface area contributed by atoms with Crippen LogP contribution in [-0.2, 0) is 61.8 Å². The quantitative estimate of drug-likeness (QED) is 0.0400. The second-order valence-corrected chi connectivity index (χ2v) is 23.0. The number of hydrogen-bond acceptors (Lipinski definition) is 20. The number of rotatable bonds is 10. The molecular formula is C55H78N2O19. The van der Waals surface area contributed by atoms with Crippen molar-refractivity contribution in [3.05, 3.63) is 58.4 Å². The number of aliphatic hydroxyl groups is 3. The maximum atomic E-state index is 15.4. The van der Waals surface area contributed by atoms with E-state index in [1.165, 1.54) is 27.0 Å². The Morgan fingerprint density at radius 2 is 1.55 bits per heavy atom. The minimum atomic E-state index is -2.16. The van der Waals surface area contributed by atoms with E-state index in [1.54, 1.807) is 33.8 Å². The number of ether oxygens (including phenoxy) is 9. The molecule has 22 atom stereocenters. The number of Topliss-reactive ketones (excluding diaryl/α,β-unsaturated/α-hetero) is 1. The van der Waals surface area contributed by atoms with Gasteiger partial charge in [-0.15, -0.1) is 0 Å². The molecule has 4 aliphatic carbocycles. The number of nitrogens with one attached hydrogen (secondary N) is 1. The normalized spacial score (nSPS) is 44.8. The number of amides is 1. The molecule has 4 heterocycles. The molecule has 4 saturated heterocycles. The molecule has 0 aromatic carbocycles. The molecule has 76 heavy (non-hydrogen) atoms. The van der Waals surface area contributed by atoms with E-state index in [0.29, 0.717) is 31.1 Å². The van der Waals surface area contributed by atoms with Gasteiger partial charge in [0.2, 0.25) is 5.78 Å². The van der Waals surface area contributed by atoms with Crippen LogP contribution in [0.4, 0.5) is 4.79 Å². The van der Waals surface area contributed by atoms with Crippen molar-refractivity contribution in [1.82, 2.24) is 10.5 Å². The third kappa shape index (κ3) is 10.6. The molecule has 422 valence electrons. The Labute approximate surface area is 443 Å². The third-order valence-electron chi connectivity index (χ3n) is 17.9. The highest BCUT2D eigenvalue weighted by atomic mass is 16.8. The fourth-order valence-corrected chi connectivity index (χ4v) is 14.0. The van der Waals surface area contributed by atoms with Crippen molar-refractivity contribution in [3.63, 3.8) is 0 Å². The minimum Gasteiger partial charge on any atom is -0.511 e. The van der Waals surface area contributed by atoms with Crippen molar-refractivity contribution in [2.45, 2.75) is 205 Å². The first-order valence-electron chi connectivity index (χ1n) is 26.7. The van der Waals surface area contributed by atoms with E-state index >= 15 is 4.79 Å². The van der Waals surface area contributed by atoms with Crippen molar-refractivity contribution in [1.29, 1.82) is 0 Å². The number of nitrogens with zero attached hydrogens (tertiary/aromatic N) is 1. The third-order valence-corrected chi connectivity index (χ3v) is 17.9. The molecule has 1 amide bonds. The summed E-state index contributed by atoms with van der Waals surface area (Å²) in [6.07, 6.45) is 0.0401. The first-order chi connectivity index (χ1) is 35.8. The number of aliphatic hydroxyl groups excluding tert-OH is 3. The van der Waals surface area contributed by atoms with Crippen molar-refractivity contribution in [2.24, 2.45) is 40.9 Å². The predicted molar refractivity (Wildman–Crippen MR) is 265 cm³/mol. The summed E-state index contributed by atoms with van der Waals surface area (Å²) >= 11 is 0. The zero-order valence-electron chi connectivity index (χ0n) is 45.3. The van der Waals surface area contributed by atoms with Gasteiger partial charge >= 0.3 is 18.0 Å². The number of esters is 2. The molecule has 21 nitrogen and oxygen atoms in total. The highest BCUT2D eigenvalue weighted by Gasteiger charge is 2.65. The van der Waals surface area contributed by atoms with Crippen LogP contribution in [-0.4, -0.2) is 159 Å². The molecule has 0 aromatic heterocycles. The summed E-state index contributed by atoms with van der Waals surface area (Å²) in [5.41, 5.74) is -4.45. The number of fused-ring (bicyclic) bond motifs is 4. The van der Waals surface area contributed by atoms with E-state index in [0.717, 1.165) is 5.57 Å². The highest BCUT2D eigenvalue weighted by Crippen LogP contribution is 2.61. The van der Waals surface area contributed by atoms with Gasteiger partial charge < -0.3 is 63.3 Å². The summed E-state index contributed by atoms with van der Waals surface area (Å²) in [5.74, 6) is -6.07. The van der Waals surface area contributed by atoms with Crippen LogP contribution in [0.1, 0.15) is 114 Å². The molecule has 5 fully saturated rings. The van der Waals surface area contributed by atoms with Crippen molar-refractivity contribution >= 4 is 30.1 Å². The van der Waals surface area contributed by atoms with Gasteiger partial charge in [-0.25, -0.2) is 9.59 Å². The minimum absolute atomic E-state index is 0.0126. The Balaban J connectivity index is 1.19. The summed E-state index contributed by atoms with van der Waals surface area (Å²) < 4.78 is 55.8. The smallest absolute Gasteiger partial charge is 0.407 e. The Hall–Kier alpha value is -4.39. The van der Waals surface area contributed by atoms with Gasteiger partial charge in [-0.1, -0.05) is 55.9 Å². The molecule has 4 aliphatic heterocycles. The topological polar surface area (TPSA) is 285 Å². The first-order valence-corrected chi connectivity index (χ1v) is 26.7. The van der Waals surface area contributed by atoms with Crippen molar-refractivity contribution in [3.8, 4) is 0 Å². The molecule has 22 unspecified atom stereocenters. The van der Waals surface area contributed by atoms with Crippen LogP contribution in [0.15, 0.2) is 58.4 Å². The largest absolute Gasteiger partial charge is 0.511 e. The molecule has 0 aromatic rings. The van der Waals surface area contributed by atoms with Gasteiger partial charge in [-0.05, 0) is 95.8 Å². The second-order valence-electron chi connectivity index (χ2n) is 23.0. The SMILES string of the molecule is COC(=O)NC1C(C)OC(OC2CC=C(C)C3C=CC4C(OC5CC(OC6CCC(O)C(C)O6)C(OC(C)=O)C(C)O5)C(C)CC(C)C4C3(C)C(O)=C3C(=O)OC4(CC(C=O)=CC(O)C4C=C2C)C3=O)CC1(C)N(O)O. The summed E-state index contributed by atoms with van der Waals surface area (Å²) in [4.78, 5) is 67.3. The van der Waals surface area contributed by atoms with Crippen LogP contribution in [0.3, 0.4) is 0 Å². The molecule has 1 saturated carbocycles. The van der Waals surface area contributed by atoms with E-state index < -0.39 is 162 Å². The molecule has 6 N–H and O–H groups in total. The molecule has 8 aliphatic rings. The van der Waals surface area contributed by atoms with E-state index in [2.05, 4.69) is 25.2 Å². The summed E-state index contributed by atoms with van der Waals surface area (Å²) in [5, 5.41) is 59.2. The molecule has 8 rings (SSSR count). The van der Waals surface area contributed by atoms with E-state index in [1.807, 2.05) is 26.0 Å². The second kappa shape index (κ2) is 22.4. The fraction of sp³-hybridized carbons (Fsp3) is 0.727. The summed E-state index contributed by atoms with van der Waals surface area (Å²) in [6.45, 7) is 17.6. The Morgan fingerprint density at radius 3 is 2.21 bits per heavy atom. The van der Waals surface area contributed by atoms with Crippen LogP contribution in [0, 0.1) is 40.9 Å². The van der Waals surface area contributed by atoms with E-state index in [4.69, 9.17) is 42.6 Å². The number of aldehydes is 1. The molecule has 21 heteroatoms. The van der Waals surface area contributed by atoms with Crippen molar-refractivity contribution in [2.75, 3.05) is 7.11 Å². The number of carbonyl (C=O) groups excluding carboxylic acids is 5. The zero-order valence-corrected chi connectivity index (χ0v) is 45.3. The number of hydrogen-bond donors (Lipinski definition) is 6. The maximum absolute atomic E-state index is 15.4. The standard InChI is InChI=1S/C55H78N2O19/c1-25-12-16-39(73-43-23-53(9,57(66)67)48(31(7)71-43)56-52(65)68-11)26(2)19-36-38(61)20-33(24-58)22-55(36)50(63)44(51(64)76-55)49(62)54(10)35(25)14-13-34-45(54)27(3)18-28(4)46(34)75-42-21-40(47(30(6)70-42)72-32(8)59)74-41-17-15-37(60)29(5)69-41/h12-14,19-20,24,27-31,34-43,45-48,60-62,66-67H,15-18,21-23H2,1-11H3,(H,56,65). The number of carbonyl (C=O) groups is 5. The predicted octanol–water partition coefficient (Wildman–Crippen LogP) is 5.37. The van der Waals surface area contributed by atoms with Crippen LogP contribution >= 0.6 is 0 Å². The van der Waals surface area contributed by atoms with Gasteiger partial charge in [0.05, 0.1) is 67.3 Å². The van der Waals surface area contributed by atoms with Gasteiger partial charge in [0.15, 0.2) is 30.6 Å². The number of ketones is 1. The first kappa shape index (κ1) is 57.8. The fourth-order valence-electron chi connectivity index (χ4n) is 14.0. The maximum Gasteiger partial charge on any atom is 0.407 e. The number of allylic oxidation sites excluding steroid dienone is 3. The lowest BCUT2D eigenvalue weighted by Crippen LogP contribution is -2.68. The van der Waals surface area contributed by atoms with E-state index in [9.17, 15) is 44.9 Å². The van der Waals surface area contributed by atoms with Crippen LogP contribution in [0.25, 0.3) is 0 Å². The number of hydroxylamine groups is 2. The molecular weight excluding hydrogens is 993 g/mol. The average molecular weight is 1070 g/mol. The Morgan fingerprint density at radius 1 is 0.855 bits per heavy atom. The highest BCUT2D eigenvalue weighted by molar-refractivity contribution is 6.26. The summed E-state index contributed by atoms with van der Waals surface area (Å²) in [6, 6.07) is -0.983. The lowest BCUT2D eigenvalue weighted by atomic mass is 9.49. The van der Waals surface area contributed by atoms with Crippen LogP contribution in [0.5, 0.6) is 0 Å². The molecule has 0 radical (unpaired) electrons. The molecule has 2 bridgehead atoms. The Bertz CT molecular complexity index is 2400. The lowest BCUT2D eigenvalue weighted by Gasteiger charge is -2.56. The average Bonchev–Trinajstić information content (AvgIpc) is 3.75.